The van der Waals surface area contributed by atoms with E-state index in [-0.39, 0.29) is 10.1 Å². The lowest BCUT2D eigenvalue weighted by Gasteiger charge is -2.02. The van der Waals surface area contributed by atoms with Crippen LogP contribution in [0.15, 0.2) is 28.7 Å². The molecule has 2 rings (SSSR count). The third-order valence-corrected chi connectivity index (χ3v) is 2.89. The highest BCUT2D eigenvalue weighted by Crippen LogP contribution is 2.31. The van der Waals surface area contributed by atoms with Crippen LogP contribution in [0.25, 0.3) is 5.57 Å². The molecular formula is C11H7BrO4. The maximum absolute atomic E-state index is 11.4. The minimum Gasteiger partial charge on any atom is -0.497 e. The molecular weight excluding hydrogens is 276 g/mol. The molecule has 0 bridgehead atoms. The standard InChI is InChI=1S/C11H7BrO4/c1-15-7-4-2-6(3-5-7)8-9(12)11(14)16-10(8)13/h2-5H,1H3. The molecule has 1 aliphatic rings. The molecule has 82 valence electrons. The number of esters is 2. The van der Waals surface area contributed by atoms with Crippen LogP contribution in [0.5, 0.6) is 5.75 Å². The summed E-state index contributed by atoms with van der Waals surface area (Å²) in [6.07, 6.45) is 0. The maximum Gasteiger partial charge on any atom is 0.354 e. The fraction of sp³-hybridized carbons (Fsp3) is 0.0909. The van der Waals surface area contributed by atoms with Gasteiger partial charge in [0.2, 0.25) is 0 Å². The topological polar surface area (TPSA) is 52.6 Å². The molecule has 0 saturated carbocycles. The van der Waals surface area contributed by atoms with Crippen molar-refractivity contribution in [2.45, 2.75) is 0 Å². The van der Waals surface area contributed by atoms with Crippen molar-refractivity contribution in [2.24, 2.45) is 0 Å². The molecule has 0 unspecified atom stereocenters. The van der Waals surface area contributed by atoms with Crippen molar-refractivity contribution in [3.63, 3.8) is 0 Å². The Morgan fingerprint density at radius 1 is 1.12 bits per heavy atom. The second-order valence-corrected chi connectivity index (χ2v) is 3.89. The van der Waals surface area contributed by atoms with Crippen molar-refractivity contribution in [2.75, 3.05) is 7.11 Å². The van der Waals surface area contributed by atoms with E-state index in [1.54, 1.807) is 31.4 Å². The molecule has 0 fully saturated rings. The second kappa shape index (κ2) is 4.09. The summed E-state index contributed by atoms with van der Waals surface area (Å²) < 4.78 is 9.62. The summed E-state index contributed by atoms with van der Waals surface area (Å²) in [7, 11) is 1.55. The molecule has 0 N–H and O–H groups in total. The molecule has 1 heterocycles. The normalized spacial score (nSPS) is 15.4. The van der Waals surface area contributed by atoms with Crippen molar-refractivity contribution in [3.05, 3.63) is 34.3 Å². The second-order valence-electron chi connectivity index (χ2n) is 3.09. The largest absolute Gasteiger partial charge is 0.497 e. The smallest absolute Gasteiger partial charge is 0.354 e. The summed E-state index contributed by atoms with van der Waals surface area (Å²) in [6.45, 7) is 0. The van der Waals surface area contributed by atoms with E-state index in [0.717, 1.165) is 0 Å². The summed E-state index contributed by atoms with van der Waals surface area (Å²) in [5.41, 5.74) is 0.858. The predicted molar refractivity (Wildman–Crippen MR) is 59.9 cm³/mol. The van der Waals surface area contributed by atoms with Gasteiger partial charge in [-0.1, -0.05) is 12.1 Å². The number of rotatable bonds is 2. The molecule has 1 aliphatic heterocycles. The van der Waals surface area contributed by atoms with Gasteiger partial charge in [0, 0.05) is 0 Å². The van der Waals surface area contributed by atoms with Crippen molar-refractivity contribution in [3.8, 4) is 5.75 Å². The number of benzene rings is 1. The molecule has 4 nitrogen and oxygen atoms in total. The van der Waals surface area contributed by atoms with Crippen LogP contribution in [0.2, 0.25) is 0 Å². The summed E-state index contributed by atoms with van der Waals surface area (Å²) in [6, 6.07) is 6.79. The maximum atomic E-state index is 11.4. The molecule has 16 heavy (non-hydrogen) atoms. The van der Waals surface area contributed by atoms with E-state index in [0.29, 0.717) is 11.3 Å². The van der Waals surface area contributed by atoms with E-state index in [2.05, 4.69) is 20.7 Å². The highest BCUT2D eigenvalue weighted by atomic mass is 79.9. The van der Waals surface area contributed by atoms with E-state index in [1.165, 1.54) is 0 Å². The molecule has 0 radical (unpaired) electrons. The molecule has 0 amide bonds. The Hall–Kier alpha value is -1.62. The Bertz CT molecular complexity index is 487. The number of hydrogen-bond acceptors (Lipinski definition) is 4. The Labute approximate surface area is 100.0 Å². The van der Waals surface area contributed by atoms with Crippen LogP contribution >= 0.6 is 15.9 Å². The van der Waals surface area contributed by atoms with Gasteiger partial charge in [-0.25, -0.2) is 9.59 Å². The number of cyclic esters (lactones) is 2. The zero-order valence-electron chi connectivity index (χ0n) is 8.32. The minimum atomic E-state index is -0.657. The number of carbonyl (C=O) groups is 2. The van der Waals surface area contributed by atoms with Gasteiger partial charge in [-0.3, -0.25) is 0 Å². The fourth-order valence-corrected chi connectivity index (χ4v) is 1.85. The quantitative estimate of drug-likeness (QED) is 0.614. The summed E-state index contributed by atoms with van der Waals surface area (Å²) in [5, 5.41) is 0. The van der Waals surface area contributed by atoms with Crippen molar-refractivity contribution >= 4 is 33.4 Å². The first-order valence-corrected chi connectivity index (χ1v) is 5.23. The SMILES string of the molecule is COc1ccc(C2=C(Br)C(=O)OC2=O)cc1. The summed E-state index contributed by atoms with van der Waals surface area (Å²) >= 11 is 3.04. The Kier molecular flexibility index (Phi) is 2.78. The lowest BCUT2D eigenvalue weighted by Crippen LogP contribution is -2.01. The van der Waals surface area contributed by atoms with Gasteiger partial charge in [0.05, 0.1) is 12.7 Å². The van der Waals surface area contributed by atoms with Gasteiger partial charge in [0.1, 0.15) is 10.2 Å². The average molecular weight is 283 g/mol. The Morgan fingerprint density at radius 3 is 2.19 bits per heavy atom. The van der Waals surface area contributed by atoms with Crippen molar-refractivity contribution < 1.29 is 19.1 Å². The van der Waals surface area contributed by atoms with Crippen molar-refractivity contribution in [1.29, 1.82) is 0 Å². The van der Waals surface area contributed by atoms with Gasteiger partial charge in [0.15, 0.2) is 0 Å². The van der Waals surface area contributed by atoms with E-state index in [1.807, 2.05) is 0 Å². The lowest BCUT2D eigenvalue weighted by atomic mass is 10.1. The number of methoxy groups -OCH3 is 1. The highest BCUT2D eigenvalue weighted by Gasteiger charge is 2.32. The fourth-order valence-electron chi connectivity index (χ4n) is 1.37. The first-order chi connectivity index (χ1) is 7.63. The molecule has 0 aliphatic carbocycles. The van der Waals surface area contributed by atoms with Crippen LogP contribution in [0, 0.1) is 0 Å². The van der Waals surface area contributed by atoms with Gasteiger partial charge in [-0.05, 0) is 33.6 Å². The molecule has 0 saturated heterocycles. The highest BCUT2D eigenvalue weighted by molar-refractivity contribution is 9.12. The van der Waals surface area contributed by atoms with E-state index in [4.69, 9.17) is 4.74 Å². The van der Waals surface area contributed by atoms with Crippen LogP contribution in [0.4, 0.5) is 0 Å². The Morgan fingerprint density at radius 2 is 1.75 bits per heavy atom. The lowest BCUT2D eigenvalue weighted by molar-refractivity contribution is -0.149. The van der Waals surface area contributed by atoms with E-state index >= 15 is 0 Å². The van der Waals surface area contributed by atoms with Crippen LogP contribution in [-0.2, 0) is 14.3 Å². The summed E-state index contributed by atoms with van der Waals surface area (Å²) in [4.78, 5) is 22.5. The summed E-state index contributed by atoms with van der Waals surface area (Å²) in [5.74, 6) is -0.615. The monoisotopic (exact) mass is 282 g/mol. The average Bonchev–Trinajstić information content (AvgIpc) is 2.54. The zero-order chi connectivity index (χ0) is 11.7. The van der Waals surface area contributed by atoms with Crippen LogP contribution in [-0.4, -0.2) is 19.0 Å². The number of halogens is 1. The molecule has 0 spiro atoms. The van der Waals surface area contributed by atoms with Crippen molar-refractivity contribution in [1.82, 2.24) is 0 Å². The van der Waals surface area contributed by atoms with Gasteiger partial charge in [-0.2, -0.15) is 0 Å². The third-order valence-electron chi connectivity index (χ3n) is 2.17. The number of hydrogen-bond donors (Lipinski definition) is 0. The third kappa shape index (κ3) is 1.74. The van der Waals surface area contributed by atoms with E-state index in [9.17, 15) is 9.59 Å². The Balaban J connectivity index is 2.44. The molecule has 0 aromatic heterocycles. The molecule has 1 aromatic rings. The van der Waals surface area contributed by atoms with Crippen LogP contribution in [0.3, 0.4) is 0 Å². The van der Waals surface area contributed by atoms with Crippen LogP contribution in [0.1, 0.15) is 5.56 Å². The van der Waals surface area contributed by atoms with Gasteiger partial charge in [-0.15, -0.1) is 0 Å². The van der Waals surface area contributed by atoms with E-state index < -0.39 is 11.9 Å². The predicted octanol–water partition coefficient (Wildman–Crippen LogP) is 1.88. The first kappa shape index (κ1) is 10.9. The van der Waals surface area contributed by atoms with Crippen LogP contribution < -0.4 is 4.74 Å². The van der Waals surface area contributed by atoms with Gasteiger partial charge < -0.3 is 9.47 Å². The number of ether oxygens (including phenoxy) is 2. The molecule has 5 heteroatoms. The first-order valence-electron chi connectivity index (χ1n) is 4.44. The minimum absolute atomic E-state index is 0.155. The molecule has 1 aromatic carbocycles. The zero-order valence-corrected chi connectivity index (χ0v) is 9.91. The van der Waals surface area contributed by atoms with Gasteiger partial charge in [0.25, 0.3) is 0 Å². The van der Waals surface area contributed by atoms with Gasteiger partial charge >= 0.3 is 11.9 Å². The number of carbonyl (C=O) groups excluding carboxylic acids is 2. The molecule has 0 atom stereocenters.